The molecule has 0 spiro atoms. The molecule has 1 aliphatic rings. The van der Waals surface area contributed by atoms with E-state index in [1.165, 1.54) is 0 Å². The second kappa shape index (κ2) is 9.66. The molecule has 0 radical (unpaired) electrons. The topological polar surface area (TPSA) is 85.8 Å². The van der Waals surface area contributed by atoms with Gasteiger partial charge in [0.2, 0.25) is 11.8 Å². The van der Waals surface area contributed by atoms with Crippen molar-refractivity contribution in [2.24, 2.45) is 10.9 Å². The molecule has 1 aromatic carbocycles. The predicted molar refractivity (Wildman–Crippen MR) is 99.4 cm³/mol. The van der Waals surface area contributed by atoms with Crippen molar-refractivity contribution < 1.29 is 9.59 Å². The molecule has 2 amide bonds. The van der Waals surface area contributed by atoms with Gasteiger partial charge >= 0.3 is 0 Å². The second-order valence-electron chi connectivity index (χ2n) is 6.12. The summed E-state index contributed by atoms with van der Waals surface area (Å²) in [4.78, 5) is 29.9. The fraction of sp³-hybridized carbons (Fsp3) is 0.500. The number of benzene rings is 1. The second-order valence-corrected chi connectivity index (χ2v) is 6.12. The van der Waals surface area contributed by atoms with Crippen LogP contribution in [0.2, 0.25) is 0 Å². The number of amides is 2. The van der Waals surface area contributed by atoms with Crippen LogP contribution in [0.1, 0.15) is 19.3 Å². The van der Waals surface area contributed by atoms with E-state index < -0.39 is 0 Å². The third kappa shape index (κ3) is 6.10. The lowest BCUT2D eigenvalue weighted by Crippen LogP contribution is -2.47. The van der Waals surface area contributed by atoms with Crippen molar-refractivity contribution in [2.45, 2.75) is 19.3 Å². The van der Waals surface area contributed by atoms with Crippen molar-refractivity contribution in [1.82, 2.24) is 15.5 Å². The van der Waals surface area contributed by atoms with Gasteiger partial charge in [-0.3, -0.25) is 14.6 Å². The van der Waals surface area contributed by atoms with E-state index in [0.29, 0.717) is 12.3 Å². The predicted octanol–water partition coefficient (Wildman–Crippen LogP) is 1.05. The molecule has 1 aliphatic heterocycles. The number of guanidine groups is 1. The molecule has 7 nitrogen and oxygen atoms in total. The highest BCUT2D eigenvalue weighted by Crippen LogP contribution is 2.20. The molecule has 0 aliphatic carbocycles. The van der Waals surface area contributed by atoms with Crippen molar-refractivity contribution in [3.8, 4) is 0 Å². The van der Waals surface area contributed by atoms with Crippen LogP contribution < -0.4 is 16.0 Å². The lowest BCUT2D eigenvalue weighted by Gasteiger charge is -2.33. The number of para-hydroxylation sites is 1. The summed E-state index contributed by atoms with van der Waals surface area (Å²) >= 11 is 0. The Hall–Kier alpha value is -2.57. The average Bonchev–Trinajstić information content (AvgIpc) is 2.64. The number of aliphatic imine (C=N–C) groups is 1. The maximum Gasteiger partial charge on any atom is 0.243 e. The van der Waals surface area contributed by atoms with Crippen molar-refractivity contribution >= 4 is 23.5 Å². The zero-order valence-electron chi connectivity index (χ0n) is 14.9. The van der Waals surface area contributed by atoms with E-state index in [9.17, 15) is 9.59 Å². The standard InChI is InChI=1S/C18H27N5O2/c1-19-16(24)12-14-8-10-23(11-9-14)18(20-2)21-13-17(25)22-15-6-4-3-5-7-15/h3-7,14H,8-13H2,1-2H3,(H,19,24)(H,20,21)(H,22,25). The van der Waals surface area contributed by atoms with Gasteiger partial charge in [0, 0.05) is 39.3 Å². The van der Waals surface area contributed by atoms with Gasteiger partial charge in [0.1, 0.15) is 0 Å². The highest BCUT2D eigenvalue weighted by atomic mass is 16.2. The van der Waals surface area contributed by atoms with Crippen LogP contribution in [0.3, 0.4) is 0 Å². The minimum atomic E-state index is -0.109. The van der Waals surface area contributed by atoms with Crippen LogP contribution >= 0.6 is 0 Å². The van der Waals surface area contributed by atoms with E-state index in [2.05, 4.69) is 25.8 Å². The number of hydrogen-bond donors (Lipinski definition) is 3. The highest BCUT2D eigenvalue weighted by Gasteiger charge is 2.23. The van der Waals surface area contributed by atoms with Crippen molar-refractivity contribution in [3.63, 3.8) is 0 Å². The summed E-state index contributed by atoms with van der Waals surface area (Å²) < 4.78 is 0. The minimum absolute atomic E-state index is 0.0959. The molecular formula is C18H27N5O2. The lowest BCUT2D eigenvalue weighted by atomic mass is 9.93. The molecule has 1 saturated heterocycles. The van der Waals surface area contributed by atoms with E-state index in [-0.39, 0.29) is 18.4 Å². The number of carbonyl (C=O) groups excluding carboxylic acids is 2. The third-order valence-electron chi connectivity index (χ3n) is 4.34. The van der Waals surface area contributed by atoms with Crippen LogP contribution in [0, 0.1) is 5.92 Å². The minimum Gasteiger partial charge on any atom is -0.359 e. The maximum atomic E-state index is 12.0. The van der Waals surface area contributed by atoms with Gasteiger partial charge in [0.25, 0.3) is 0 Å². The normalized spacial score (nSPS) is 15.6. The van der Waals surface area contributed by atoms with Crippen LogP contribution in [0.5, 0.6) is 0 Å². The number of rotatable bonds is 5. The van der Waals surface area contributed by atoms with Gasteiger partial charge in [0.15, 0.2) is 5.96 Å². The Morgan fingerprint density at radius 1 is 1.16 bits per heavy atom. The summed E-state index contributed by atoms with van der Waals surface area (Å²) in [5, 5.41) is 8.63. The van der Waals surface area contributed by atoms with E-state index in [1.807, 2.05) is 30.3 Å². The van der Waals surface area contributed by atoms with Crippen LogP contribution in [-0.4, -0.2) is 56.4 Å². The monoisotopic (exact) mass is 345 g/mol. The summed E-state index contributed by atoms with van der Waals surface area (Å²) in [6.07, 6.45) is 2.48. The van der Waals surface area contributed by atoms with E-state index in [0.717, 1.165) is 37.6 Å². The quantitative estimate of drug-likeness (QED) is 0.550. The molecule has 2 rings (SSSR count). The first-order chi connectivity index (χ1) is 12.1. The third-order valence-corrected chi connectivity index (χ3v) is 4.34. The van der Waals surface area contributed by atoms with E-state index in [4.69, 9.17) is 0 Å². The molecule has 1 fully saturated rings. The van der Waals surface area contributed by atoms with Gasteiger partial charge in [-0.25, -0.2) is 0 Å². The molecule has 25 heavy (non-hydrogen) atoms. The Labute approximate surface area is 148 Å². The van der Waals surface area contributed by atoms with E-state index in [1.54, 1.807) is 14.1 Å². The zero-order valence-corrected chi connectivity index (χ0v) is 14.9. The molecule has 0 unspecified atom stereocenters. The van der Waals surface area contributed by atoms with Crippen LogP contribution in [0.25, 0.3) is 0 Å². The van der Waals surface area contributed by atoms with Crippen LogP contribution in [0.15, 0.2) is 35.3 Å². The van der Waals surface area contributed by atoms with Crippen molar-refractivity contribution in [3.05, 3.63) is 30.3 Å². The Kier molecular flexibility index (Phi) is 7.25. The van der Waals surface area contributed by atoms with Crippen molar-refractivity contribution in [1.29, 1.82) is 0 Å². The number of carbonyl (C=O) groups is 2. The fourth-order valence-corrected chi connectivity index (χ4v) is 2.93. The SMILES string of the molecule is CN=C(NCC(=O)Nc1ccccc1)N1CCC(CC(=O)NC)CC1. The number of anilines is 1. The molecule has 0 atom stereocenters. The summed E-state index contributed by atoms with van der Waals surface area (Å²) in [6, 6.07) is 9.37. The summed E-state index contributed by atoms with van der Waals surface area (Å²) in [5.74, 6) is 1.12. The Bertz CT molecular complexity index is 595. The largest absolute Gasteiger partial charge is 0.359 e. The number of hydrogen-bond acceptors (Lipinski definition) is 3. The summed E-state index contributed by atoms with van der Waals surface area (Å²) in [7, 11) is 3.39. The highest BCUT2D eigenvalue weighted by molar-refractivity contribution is 5.95. The first-order valence-corrected chi connectivity index (χ1v) is 8.63. The summed E-state index contributed by atoms with van der Waals surface area (Å²) in [6.45, 7) is 1.84. The van der Waals surface area contributed by atoms with Gasteiger partial charge in [-0.2, -0.15) is 0 Å². The number of likely N-dealkylation sites (tertiary alicyclic amines) is 1. The van der Waals surface area contributed by atoms with Gasteiger partial charge in [-0.05, 0) is 30.9 Å². The molecule has 1 heterocycles. The fourth-order valence-electron chi connectivity index (χ4n) is 2.93. The Balaban J connectivity index is 1.75. The molecule has 3 N–H and O–H groups in total. The molecule has 0 saturated carbocycles. The number of nitrogens with zero attached hydrogens (tertiary/aromatic N) is 2. The molecule has 7 heteroatoms. The summed E-state index contributed by atoms with van der Waals surface area (Å²) in [5.41, 5.74) is 0.777. The molecular weight excluding hydrogens is 318 g/mol. The smallest absolute Gasteiger partial charge is 0.243 e. The van der Waals surface area contributed by atoms with Crippen molar-refractivity contribution in [2.75, 3.05) is 39.0 Å². The first kappa shape index (κ1) is 18.8. The first-order valence-electron chi connectivity index (χ1n) is 8.63. The van der Waals surface area contributed by atoms with Gasteiger partial charge < -0.3 is 20.9 Å². The molecule has 0 aromatic heterocycles. The van der Waals surface area contributed by atoms with Gasteiger partial charge in [0.05, 0.1) is 6.54 Å². The number of nitrogens with one attached hydrogen (secondary N) is 3. The van der Waals surface area contributed by atoms with Gasteiger partial charge in [-0.1, -0.05) is 18.2 Å². The Morgan fingerprint density at radius 3 is 2.44 bits per heavy atom. The average molecular weight is 345 g/mol. The Morgan fingerprint density at radius 2 is 1.84 bits per heavy atom. The number of piperidine rings is 1. The molecule has 1 aromatic rings. The molecule has 136 valence electrons. The molecule has 0 bridgehead atoms. The van der Waals surface area contributed by atoms with Crippen LogP contribution in [-0.2, 0) is 9.59 Å². The zero-order chi connectivity index (χ0) is 18.1. The van der Waals surface area contributed by atoms with Gasteiger partial charge in [-0.15, -0.1) is 0 Å². The van der Waals surface area contributed by atoms with Crippen LogP contribution in [0.4, 0.5) is 5.69 Å². The lowest BCUT2D eigenvalue weighted by molar-refractivity contribution is -0.121. The maximum absolute atomic E-state index is 12.0. The van der Waals surface area contributed by atoms with E-state index >= 15 is 0 Å².